The fraction of sp³-hybridized carbons (Fsp3) is 0.476. The van der Waals surface area contributed by atoms with Crippen molar-refractivity contribution in [3.63, 3.8) is 0 Å². The summed E-state index contributed by atoms with van der Waals surface area (Å²) in [7, 11) is 0. The Labute approximate surface area is 165 Å². The first kappa shape index (κ1) is 18.8. The van der Waals surface area contributed by atoms with Crippen LogP contribution in [0.5, 0.6) is 0 Å². The van der Waals surface area contributed by atoms with Gasteiger partial charge >= 0.3 is 0 Å². The zero-order valence-corrected chi connectivity index (χ0v) is 16.4. The second-order valence-corrected chi connectivity index (χ2v) is 7.57. The summed E-state index contributed by atoms with van der Waals surface area (Å²) in [5, 5.41) is 2.91. The number of rotatable bonds is 4. The van der Waals surface area contributed by atoms with E-state index in [1.807, 2.05) is 24.3 Å². The van der Waals surface area contributed by atoms with Crippen LogP contribution < -0.4 is 10.2 Å². The van der Waals surface area contributed by atoms with Crippen LogP contribution in [0.25, 0.3) is 0 Å². The molecule has 4 rings (SSSR count). The lowest BCUT2D eigenvalue weighted by molar-refractivity contribution is -0.169. The fourth-order valence-electron chi connectivity index (χ4n) is 3.61. The van der Waals surface area contributed by atoms with Crippen molar-refractivity contribution in [2.45, 2.75) is 38.4 Å². The number of hydrogen-bond donors (Lipinski definition) is 1. The molecule has 0 aliphatic carbocycles. The van der Waals surface area contributed by atoms with Gasteiger partial charge in [-0.25, -0.2) is 9.97 Å². The molecule has 28 heavy (non-hydrogen) atoms. The Morgan fingerprint density at radius 1 is 1.11 bits per heavy atom. The minimum absolute atomic E-state index is 0.239. The van der Waals surface area contributed by atoms with E-state index in [-0.39, 0.29) is 5.91 Å². The molecule has 0 unspecified atom stereocenters. The van der Waals surface area contributed by atoms with Gasteiger partial charge in [0, 0.05) is 37.8 Å². The van der Waals surface area contributed by atoms with E-state index >= 15 is 0 Å². The number of benzene rings is 1. The van der Waals surface area contributed by atoms with Crippen LogP contribution in [0, 0.1) is 0 Å². The largest absolute Gasteiger partial charge is 0.347 e. The van der Waals surface area contributed by atoms with Crippen LogP contribution in [-0.2, 0) is 9.47 Å². The van der Waals surface area contributed by atoms with Crippen molar-refractivity contribution in [3.05, 3.63) is 47.8 Å². The molecule has 2 aliphatic rings. The zero-order chi connectivity index (χ0) is 19.6. The third kappa shape index (κ3) is 4.00. The Hall–Kier alpha value is -2.51. The quantitative estimate of drug-likeness (QED) is 0.875. The van der Waals surface area contributed by atoms with Crippen LogP contribution in [0.3, 0.4) is 0 Å². The molecule has 1 aromatic carbocycles. The number of nitrogens with one attached hydrogen (secondary N) is 1. The van der Waals surface area contributed by atoms with E-state index < -0.39 is 5.79 Å². The average molecular weight is 382 g/mol. The second kappa shape index (κ2) is 7.85. The first-order valence-electron chi connectivity index (χ1n) is 9.82. The highest BCUT2D eigenvalue weighted by Crippen LogP contribution is 2.32. The summed E-state index contributed by atoms with van der Waals surface area (Å²) in [5.74, 6) is 0.346. The molecule has 0 bridgehead atoms. The van der Waals surface area contributed by atoms with Gasteiger partial charge < -0.3 is 19.7 Å². The predicted octanol–water partition coefficient (Wildman–Crippen LogP) is 3.20. The number of anilines is 2. The topological polar surface area (TPSA) is 76.6 Å². The van der Waals surface area contributed by atoms with Crippen molar-refractivity contribution < 1.29 is 14.3 Å². The summed E-state index contributed by atoms with van der Waals surface area (Å²) in [6.45, 7) is 7.07. The molecule has 2 aliphatic heterocycles. The first-order chi connectivity index (χ1) is 13.5. The lowest BCUT2D eigenvalue weighted by Gasteiger charge is -2.37. The Kier molecular flexibility index (Phi) is 5.28. The summed E-state index contributed by atoms with van der Waals surface area (Å²) < 4.78 is 11.5. The maximum Gasteiger partial charge on any atom is 0.274 e. The van der Waals surface area contributed by atoms with Crippen LogP contribution in [0.4, 0.5) is 11.6 Å². The lowest BCUT2D eigenvalue weighted by Crippen LogP contribution is -2.45. The molecule has 7 nitrogen and oxygen atoms in total. The smallest absolute Gasteiger partial charge is 0.274 e. The highest BCUT2D eigenvalue weighted by molar-refractivity contribution is 6.02. The molecule has 2 fully saturated rings. The summed E-state index contributed by atoms with van der Waals surface area (Å²) >= 11 is 0. The molecule has 1 N–H and O–H groups in total. The monoisotopic (exact) mass is 382 g/mol. The summed E-state index contributed by atoms with van der Waals surface area (Å²) in [6.07, 6.45) is 3.18. The minimum Gasteiger partial charge on any atom is -0.347 e. The zero-order valence-electron chi connectivity index (χ0n) is 16.4. The molecular formula is C21H26N4O3. The van der Waals surface area contributed by atoms with Gasteiger partial charge in [-0.3, -0.25) is 4.79 Å². The van der Waals surface area contributed by atoms with Crippen LogP contribution in [-0.4, -0.2) is 48.0 Å². The standard InChI is InChI=1S/C21H26N4O3/c1-15(2)16-3-5-17(6-4-16)23-19(26)18-7-10-22-20(24-18)25-11-8-21(9-12-25)27-13-14-28-21/h3-7,10,15H,8-9,11-14H2,1-2H3,(H,23,26). The first-order valence-corrected chi connectivity index (χ1v) is 9.82. The van der Waals surface area contributed by atoms with Gasteiger partial charge in [0.15, 0.2) is 5.79 Å². The number of amides is 1. The minimum atomic E-state index is -0.437. The van der Waals surface area contributed by atoms with Crippen molar-refractivity contribution in [1.82, 2.24) is 9.97 Å². The van der Waals surface area contributed by atoms with Gasteiger partial charge in [-0.2, -0.15) is 0 Å². The Balaban J connectivity index is 1.41. The van der Waals surface area contributed by atoms with Crippen molar-refractivity contribution in [1.29, 1.82) is 0 Å². The van der Waals surface area contributed by atoms with Gasteiger partial charge in [-0.1, -0.05) is 26.0 Å². The highest BCUT2D eigenvalue weighted by atomic mass is 16.7. The van der Waals surface area contributed by atoms with Crippen molar-refractivity contribution >= 4 is 17.5 Å². The van der Waals surface area contributed by atoms with Crippen LogP contribution in [0.1, 0.15) is 48.7 Å². The van der Waals surface area contributed by atoms with Crippen molar-refractivity contribution in [2.75, 3.05) is 36.5 Å². The van der Waals surface area contributed by atoms with Gasteiger partial charge in [0.1, 0.15) is 5.69 Å². The van der Waals surface area contributed by atoms with Crippen LogP contribution in [0.2, 0.25) is 0 Å². The summed E-state index contributed by atoms with van der Waals surface area (Å²) in [6, 6.07) is 9.53. The van der Waals surface area contributed by atoms with E-state index in [0.717, 1.165) is 31.6 Å². The van der Waals surface area contributed by atoms with E-state index in [2.05, 4.69) is 34.0 Å². The highest BCUT2D eigenvalue weighted by Gasteiger charge is 2.40. The number of ether oxygens (including phenoxy) is 2. The van der Waals surface area contributed by atoms with E-state index in [4.69, 9.17) is 9.47 Å². The van der Waals surface area contributed by atoms with Gasteiger partial charge in [0.2, 0.25) is 5.95 Å². The molecule has 2 saturated heterocycles. The molecule has 1 amide bonds. The molecular weight excluding hydrogens is 356 g/mol. The maximum atomic E-state index is 12.6. The van der Waals surface area contributed by atoms with E-state index in [0.29, 0.717) is 30.8 Å². The Morgan fingerprint density at radius 3 is 2.43 bits per heavy atom. The number of hydrogen-bond acceptors (Lipinski definition) is 6. The number of carbonyl (C=O) groups excluding carboxylic acids is 1. The molecule has 2 aromatic rings. The van der Waals surface area contributed by atoms with E-state index in [9.17, 15) is 4.79 Å². The van der Waals surface area contributed by atoms with Crippen molar-refractivity contribution in [2.24, 2.45) is 0 Å². The SMILES string of the molecule is CC(C)c1ccc(NC(=O)c2ccnc(N3CCC4(CC3)OCCO4)n2)cc1. The molecule has 148 valence electrons. The van der Waals surface area contributed by atoms with Crippen molar-refractivity contribution in [3.8, 4) is 0 Å². The number of piperidine rings is 1. The second-order valence-electron chi connectivity index (χ2n) is 7.57. The molecule has 1 spiro atoms. The van der Waals surface area contributed by atoms with Crippen LogP contribution in [0.15, 0.2) is 36.5 Å². The average Bonchev–Trinajstić information content (AvgIpc) is 3.17. The fourth-order valence-corrected chi connectivity index (χ4v) is 3.61. The van der Waals surface area contributed by atoms with Gasteiger partial charge in [0.25, 0.3) is 5.91 Å². The van der Waals surface area contributed by atoms with Gasteiger partial charge in [-0.05, 0) is 29.7 Å². The molecule has 1 aromatic heterocycles. The predicted molar refractivity (Wildman–Crippen MR) is 107 cm³/mol. The van der Waals surface area contributed by atoms with Gasteiger partial charge in [-0.15, -0.1) is 0 Å². The molecule has 0 radical (unpaired) electrons. The van der Waals surface area contributed by atoms with E-state index in [1.54, 1.807) is 12.3 Å². The molecule has 3 heterocycles. The number of nitrogens with zero attached hydrogens (tertiary/aromatic N) is 3. The van der Waals surface area contributed by atoms with Gasteiger partial charge in [0.05, 0.1) is 13.2 Å². The number of aromatic nitrogens is 2. The lowest BCUT2D eigenvalue weighted by atomic mass is 10.0. The third-order valence-electron chi connectivity index (χ3n) is 5.33. The molecule has 7 heteroatoms. The van der Waals surface area contributed by atoms with Crippen LogP contribution >= 0.6 is 0 Å². The Bertz CT molecular complexity index is 822. The Morgan fingerprint density at radius 2 is 1.79 bits per heavy atom. The maximum absolute atomic E-state index is 12.6. The third-order valence-corrected chi connectivity index (χ3v) is 5.33. The molecule has 0 atom stereocenters. The van der Waals surface area contributed by atoms with E-state index in [1.165, 1.54) is 5.56 Å². The summed E-state index contributed by atoms with van der Waals surface area (Å²) in [4.78, 5) is 23.5. The molecule has 0 saturated carbocycles. The number of carbonyl (C=O) groups is 1. The normalized spacial score (nSPS) is 18.6. The summed E-state index contributed by atoms with van der Waals surface area (Å²) in [5.41, 5.74) is 2.34.